The molecule has 0 aliphatic carbocycles. The minimum Gasteiger partial charge on any atom is -0.373 e. The number of hydrogen-bond donors (Lipinski definition) is 2. The molecular formula is C11H11F3N4O. The molecule has 0 saturated heterocycles. The number of halogens is 3. The predicted molar refractivity (Wildman–Crippen MR) is 62.6 cm³/mol. The Morgan fingerprint density at radius 2 is 2.00 bits per heavy atom. The van der Waals surface area contributed by atoms with Crippen LogP contribution in [0.1, 0.15) is 11.3 Å². The van der Waals surface area contributed by atoms with Crippen molar-refractivity contribution in [1.82, 2.24) is 10.1 Å². The van der Waals surface area contributed by atoms with Crippen LogP contribution in [-0.4, -0.2) is 17.2 Å². The summed E-state index contributed by atoms with van der Waals surface area (Å²) in [7, 11) is 1.50. The highest BCUT2D eigenvalue weighted by Crippen LogP contribution is 2.32. The molecule has 0 spiro atoms. The van der Waals surface area contributed by atoms with Gasteiger partial charge in [0.15, 0.2) is 5.76 Å². The van der Waals surface area contributed by atoms with E-state index < -0.39 is 11.7 Å². The van der Waals surface area contributed by atoms with Gasteiger partial charge in [-0.15, -0.1) is 0 Å². The van der Waals surface area contributed by atoms with E-state index in [4.69, 9.17) is 4.52 Å². The van der Waals surface area contributed by atoms with Gasteiger partial charge in [0.2, 0.25) is 0 Å². The third-order valence-electron chi connectivity index (χ3n) is 2.34. The quantitative estimate of drug-likeness (QED) is 0.896. The number of rotatable bonds is 4. The number of hydrogen-bond acceptors (Lipinski definition) is 5. The van der Waals surface area contributed by atoms with Crippen molar-refractivity contribution in [3.8, 4) is 0 Å². The Labute approximate surface area is 106 Å². The average molecular weight is 272 g/mol. The topological polar surface area (TPSA) is 63.0 Å². The molecule has 0 saturated carbocycles. The minimum atomic E-state index is -4.42. The van der Waals surface area contributed by atoms with Crippen LogP contribution in [0.2, 0.25) is 0 Å². The third kappa shape index (κ3) is 3.36. The van der Waals surface area contributed by atoms with Gasteiger partial charge in [-0.2, -0.15) is 13.2 Å². The van der Waals surface area contributed by atoms with Crippen LogP contribution in [0.3, 0.4) is 0 Å². The molecule has 102 valence electrons. The first-order valence-electron chi connectivity index (χ1n) is 5.39. The molecule has 0 aliphatic heterocycles. The SMILES string of the molecule is CNc1cc(C(F)(F)F)cc(NCc2ccno2)n1. The Balaban J connectivity index is 2.19. The van der Waals surface area contributed by atoms with Crippen LogP contribution in [0, 0.1) is 0 Å². The standard InChI is InChI=1S/C11H11F3N4O/c1-15-9-4-7(11(12,13)14)5-10(18-9)16-6-8-2-3-17-19-8/h2-5H,6H2,1H3,(H2,15,16,18). The van der Waals surface area contributed by atoms with Gasteiger partial charge >= 0.3 is 6.18 Å². The predicted octanol–water partition coefficient (Wildman–Crippen LogP) is 2.74. The first-order chi connectivity index (χ1) is 8.99. The number of anilines is 2. The van der Waals surface area contributed by atoms with E-state index in [1.54, 1.807) is 6.07 Å². The Morgan fingerprint density at radius 1 is 1.26 bits per heavy atom. The van der Waals surface area contributed by atoms with Gasteiger partial charge in [0, 0.05) is 13.1 Å². The number of alkyl halides is 3. The Morgan fingerprint density at radius 3 is 2.58 bits per heavy atom. The summed E-state index contributed by atoms with van der Waals surface area (Å²) in [5.74, 6) is 0.746. The molecule has 2 rings (SSSR count). The molecular weight excluding hydrogens is 261 g/mol. The fraction of sp³-hybridized carbons (Fsp3) is 0.273. The molecule has 0 atom stereocenters. The van der Waals surface area contributed by atoms with Gasteiger partial charge < -0.3 is 15.2 Å². The molecule has 0 fully saturated rings. The lowest BCUT2D eigenvalue weighted by molar-refractivity contribution is -0.137. The van der Waals surface area contributed by atoms with Crippen molar-refractivity contribution in [2.75, 3.05) is 17.7 Å². The van der Waals surface area contributed by atoms with E-state index in [2.05, 4.69) is 20.8 Å². The summed E-state index contributed by atoms with van der Waals surface area (Å²) >= 11 is 0. The van der Waals surface area contributed by atoms with E-state index >= 15 is 0 Å². The molecule has 8 heteroatoms. The van der Waals surface area contributed by atoms with Gasteiger partial charge in [-0.05, 0) is 12.1 Å². The number of aromatic nitrogens is 2. The normalized spacial score (nSPS) is 11.4. The lowest BCUT2D eigenvalue weighted by Gasteiger charge is -2.11. The van der Waals surface area contributed by atoms with Gasteiger partial charge in [-0.25, -0.2) is 4.98 Å². The summed E-state index contributed by atoms with van der Waals surface area (Å²) in [6, 6.07) is 3.50. The maximum atomic E-state index is 12.7. The summed E-state index contributed by atoms with van der Waals surface area (Å²) in [5, 5.41) is 8.83. The van der Waals surface area contributed by atoms with E-state index in [-0.39, 0.29) is 18.2 Å². The minimum absolute atomic E-state index is 0.107. The largest absolute Gasteiger partial charge is 0.416 e. The molecule has 0 aliphatic rings. The van der Waals surface area contributed by atoms with E-state index in [0.29, 0.717) is 5.76 Å². The maximum Gasteiger partial charge on any atom is 0.416 e. The van der Waals surface area contributed by atoms with Gasteiger partial charge in [0.25, 0.3) is 0 Å². The zero-order valence-electron chi connectivity index (χ0n) is 9.95. The van der Waals surface area contributed by atoms with Crippen molar-refractivity contribution in [3.05, 3.63) is 35.7 Å². The maximum absolute atomic E-state index is 12.7. The van der Waals surface area contributed by atoms with Gasteiger partial charge in [-0.3, -0.25) is 0 Å². The van der Waals surface area contributed by atoms with Crippen LogP contribution >= 0.6 is 0 Å². The highest BCUT2D eigenvalue weighted by atomic mass is 19.4. The molecule has 2 aromatic rings. The molecule has 0 aromatic carbocycles. The fourth-order valence-corrected chi connectivity index (χ4v) is 1.42. The molecule has 0 amide bonds. The summed E-state index contributed by atoms with van der Waals surface area (Å²) < 4.78 is 42.9. The van der Waals surface area contributed by atoms with Crippen molar-refractivity contribution in [2.45, 2.75) is 12.7 Å². The number of pyridine rings is 1. The van der Waals surface area contributed by atoms with E-state index in [9.17, 15) is 13.2 Å². The van der Waals surface area contributed by atoms with Gasteiger partial charge in [0.05, 0.1) is 18.3 Å². The molecule has 19 heavy (non-hydrogen) atoms. The van der Waals surface area contributed by atoms with Gasteiger partial charge in [-0.1, -0.05) is 5.16 Å². The zero-order chi connectivity index (χ0) is 13.9. The molecule has 2 N–H and O–H groups in total. The van der Waals surface area contributed by atoms with Crippen molar-refractivity contribution in [3.63, 3.8) is 0 Å². The van der Waals surface area contributed by atoms with Crippen LogP contribution in [0.4, 0.5) is 24.8 Å². The molecule has 2 aromatic heterocycles. The molecule has 0 radical (unpaired) electrons. The number of nitrogens with zero attached hydrogens (tertiary/aromatic N) is 2. The summed E-state index contributed by atoms with van der Waals surface area (Å²) in [6.07, 6.45) is -2.97. The highest BCUT2D eigenvalue weighted by molar-refractivity contribution is 5.49. The van der Waals surface area contributed by atoms with Gasteiger partial charge in [0.1, 0.15) is 11.6 Å². The third-order valence-corrected chi connectivity index (χ3v) is 2.34. The van der Waals surface area contributed by atoms with Crippen molar-refractivity contribution < 1.29 is 17.7 Å². The average Bonchev–Trinajstić information content (AvgIpc) is 2.88. The summed E-state index contributed by atoms with van der Waals surface area (Å²) in [5.41, 5.74) is -0.771. The van der Waals surface area contributed by atoms with Crippen LogP contribution in [0.15, 0.2) is 28.9 Å². The monoisotopic (exact) mass is 272 g/mol. The second kappa shape index (κ2) is 5.17. The Hall–Kier alpha value is -2.25. The van der Waals surface area contributed by atoms with E-state index in [1.165, 1.54) is 13.2 Å². The van der Waals surface area contributed by atoms with Crippen molar-refractivity contribution in [1.29, 1.82) is 0 Å². The van der Waals surface area contributed by atoms with Crippen LogP contribution < -0.4 is 10.6 Å². The lowest BCUT2D eigenvalue weighted by Crippen LogP contribution is -2.09. The Bertz CT molecular complexity index is 539. The fourth-order valence-electron chi connectivity index (χ4n) is 1.42. The highest BCUT2D eigenvalue weighted by Gasteiger charge is 2.31. The van der Waals surface area contributed by atoms with E-state index in [1.807, 2.05) is 0 Å². The second-order valence-electron chi connectivity index (χ2n) is 3.71. The zero-order valence-corrected chi connectivity index (χ0v) is 9.95. The van der Waals surface area contributed by atoms with Crippen LogP contribution in [-0.2, 0) is 12.7 Å². The molecule has 0 unspecified atom stereocenters. The number of nitrogens with one attached hydrogen (secondary N) is 2. The first-order valence-corrected chi connectivity index (χ1v) is 5.39. The summed E-state index contributed by atoms with van der Waals surface area (Å²) in [4.78, 5) is 3.98. The smallest absolute Gasteiger partial charge is 0.373 e. The second-order valence-corrected chi connectivity index (χ2v) is 3.71. The van der Waals surface area contributed by atoms with Crippen LogP contribution in [0.5, 0.6) is 0 Å². The molecule has 0 bridgehead atoms. The van der Waals surface area contributed by atoms with E-state index in [0.717, 1.165) is 12.1 Å². The Kier molecular flexibility index (Phi) is 3.59. The van der Waals surface area contributed by atoms with Crippen molar-refractivity contribution >= 4 is 11.6 Å². The lowest BCUT2D eigenvalue weighted by atomic mass is 10.2. The molecule has 2 heterocycles. The summed E-state index contributed by atoms with van der Waals surface area (Å²) in [6.45, 7) is 0.206. The van der Waals surface area contributed by atoms with Crippen molar-refractivity contribution in [2.24, 2.45) is 0 Å². The first kappa shape index (κ1) is 13.2. The van der Waals surface area contributed by atoms with Crippen LogP contribution in [0.25, 0.3) is 0 Å². The molecule has 5 nitrogen and oxygen atoms in total.